The van der Waals surface area contributed by atoms with Gasteiger partial charge in [0, 0.05) is 30.3 Å². The highest BCUT2D eigenvalue weighted by Crippen LogP contribution is 2.26. The van der Waals surface area contributed by atoms with Gasteiger partial charge in [-0.1, -0.05) is 42.5 Å². The van der Waals surface area contributed by atoms with Crippen molar-refractivity contribution < 1.29 is 37.1 Å². The molecule has 0 radical (unpaired) electrons. The molecule has 39 heavy (non-hydrogen) atoms. The molecule has 1 N–H and O–H groups in total. The second kappa shape index (κ2) is 12.3. The van der Waals surface area contributed by atoms with Gasteiger partial charge in [0.15, 0.2) is 5.78 Å². The molecule has 11 heteroatoms. The highest BCUT2D eigenvalue weighted by Gasteiger charge is 2.38. The number of halogens is 3. The first-order valence-corrected chi connectivity index (χ1v) is 12.6. The number of rotatable bonds is 7. The van der Waals surface area contributed by atoms with Crippen molar-refractivity contribution in [2.24, 2.45) is 5.92 Å². The second-order valence-electron chi connectivity index (χ2n) is 10.3. The normalized spacial score (nSPS) is 14.5. The first-order chi connectivity index (χ1) is 18.2. The molecule has 2 aromatic carbocycles. The monoisotopic (exact) mass is 547 g/mol. The Balaban J connectivity index is 1.67. The zero-order valence-corrected chi connectivity index (χ0v) is 22.1. The lowest BCUT2D eigenvalue weighted by Gasteiger charge is -2.35. The lowest BCUT2D eigenvalue weighted by molar-refractivity contribution is -0.173. The van der Waals surface area contributed by atoms with Gasteiger partial charge in [0.1, 0.15) is 5.60 Å². The zero-order valence-electron chi connectivity index (χ0n) is 22.1. The zero-order chi connectivity index (χ0) is 28.8. The van der Waals surface area contributed by atoms with Gasteiger partial charge in [-0.15, -0.1) is 0 Å². The van der Waals surface area contributed by atoms with E-state index in [9.17, 15) is 32.3 Å². The van der Waals surface area contributed by atoms with Crippen LogP contribution in [0.15, 0.2) is 54.6 Å². The molecule has 1 fully saturated rings. The number of ether oxygens (including phenoxy) is 1. The van der Waals surface area contributed by atoms with E-state index in [1.54, 1.807) is 48.0 Å². The number of para-hydroxylation sites is 1. The number of carbonyl (C=O) groups is 4. The van der Waals surface area contributed by atoms with Crippen molar-refractivity contribution in [3.63, 3.8) is 0 Å². The molecular formula is C28H32F3N3O5. The SMILES string of the molecule is CC(C)(C)OC(=O)N1CCC(C(=O)N(Cc2ccc(C(=O)CNC(=O)C(F)(F)F)cc2)c2ccccc2)CC1. The van der Waals surface area contributed by atoms with E-state index >= 15 is 0 Å². The fraction of sp³-hybridized carbons (Fsp3) is 0.429. The Morgan fingerprint density at radius 2 is 1.54 bits per heavy atom. The standard InChI is InChI=1S/C28H32F3N3O5/c1-27(2,3)39-26(38)33-15-13-21(14-16-33)24(36)34(22-7-5-4-6-8-22)18-19-9-11-20(12-10-19)23(35)17-32-25(37)28(29,30)31/h4-12,21H,13-18H2,1-3H3,(H,32,37). The largest absolute Gasteiger partial charge is 0.471 e. The van der Waals surface area contributed by atoms with Crippen LogP contribution in [0.25, 0.3) is 0 Å². The Hall–Kier alpha value is -3.89. The molecule has 0 unspecified atom stereocenters. The van der Waals surface area contributed by atoms with Crippen LogP contribution < -0.4 is 10.2 Å². The number of benzene rings is 2. The minimum absolute atomic E-state index is 0.0972. The van der Waals surface area contributed by atoms with E-state index in [0.717, 1.165) is 0 Å². The lowest BCUT2D eigenvalue weighted by Crippen LogP contribution is -2.45. The van der Waals surface area contributed by atoms with Crippen molar-refractivity contribution in [1.82, 2.24) is 10.2 Å². The minimum Gasteiger partial charge on any atom is -0.444 e. The third-order valence-electron chi connectivity index (χ3n) is 6.11. The van der Waals surface area contributed by atoms with Crippen molar-refractivity contribution in [3.05, 3.63) is 65.7 Å². The van der Waals surface area contributed by atoms with Gasteiger partial charge in [-0.05, 0) is 51.3 Å². The molecule has 3 amide bonds. The minimum atomic E-state index is -5.07. The third kappa shape index (κ3) is 8.56. The predicted octanol–water partition coefficient (Wildman–Crippen LogP) is 4.73. The Morgan fingerprint density at radius 3 is 2.08 bits per heavy atom. The van der Waals surface area contributed by atoms with Crippen molar-refractivity contribution in [1.29, 1.82) is 0 Å². The van der Waals surface area contributed by atoms with Gasteiger partial charge in [0.05, 0.1) is 13.1 Å². The number of piperidine rings is 1. The Morgan fingerprint density at radius 1 is 0.949 bits per heavy atom. The maximum atomic E-state index is 13.6. The molecular weight excluding hydrogens is 515 g/mol. The molecule has 3 rings (SSSR count). The number of hydrogen-bond acceptors (Lipinski definition) is 5. The van der Waals surface area contributed by atoms with Crippen LogP contribution in [0.3, 0.4) is 0 Å². The predicted molar refractivity (Wildman–Crippen MR) is 138 cm³/mol. The van der Waals surface area contributed by atoms with Crippen LogP contribution in [-0.2, 0) is 20.9 Å². The average molecular weight is 548 g/mol. The van der Waals surface area contributed by atoms with Gasteiger partial charge in [0.2, 0.25) is 5.91 Å². The molecule has 1 aliphatic rings. The van der Waals surface area contributed by atoms with E-state index < -0.39 is 36.1 Å². The molecule has 0 saturated carbocycles. The van der Waals surface area contributed by atoms with Crippen LogP contribution in [0.5, 0.6) is 0 Å². The van der Waals surface area contributed by atoms with Crippen molar-refractivity contribution in [2.75, 3.05) is 24.5 Å². The summed E-state index contributed by atoms with van der Waals surface area (Å²) in [5.41, 5.74) is 0.917. The summed E-state index contributed by atoms with van der Waals surface area (Å²) in [4.78, 5) is 52.4. The quantitative estimate of drug-likeness (QED) is 0.506. The number of anilines is 1. The number of amides is 3. The molecule has 1 saturated heterocycles. The first kappa shape index (κ1) is 29.7. The third-order valence-corrected chi connectivity index (χ3v) is 6.11. The number of nitrogens with one attached hydrogen (secondary N) is 1. The number of likely N-dealkylation sites (tertiary alicyclic amines) is 1. The van der Waals surface area contributed by atoms with E-state index in [4.69, 9.17) is 4.74 Å². The number of carbonyl (C=O) groups excluding carboxylic acids is 4. The Kier molecular flexibility index (Phi) is 9.36. The van der Waals surface area contributed by atoms with E-state index in [0.29, 0.717) is 37.2 Å². The van der Waals surface area contributed by atoms with Crippen molar-refractivity contribution >= 4 is 29.4 Å². The van der Waals surface area contributed by atoms with E-state index in [-0.39, 0.29) is 23.9 Å². The van der Waals surface area contributed by atoms with Crippen LogP contribution in [0.2, 0.25) is 0 Å². The van der Waals surface area contributed by atoms with Gasteiger partial charge in [-0.2, -0.15) is 13.2 Å². The summed E-state index contributed by atoms with van der Waals surface area (Å²) in [6.45, 7) is 5.61. The number of nitrogens with zero attached hydrogens (tertiary/aromatic N) is 2. The van der Waals surface area contributed by atoms with Crippen molar-refractivity contribution in [2.45, 2.75) is 51.9 Å². The number of ketones is 1. The summed E-state index contributed by atoms with van der Waals surface area (Å²) in [5.74, 6) is -3.25. The van der Waals surface area contributed by atoms with Gasteiger partial charge in [-0.25, -0.2) is 4.79 Å². The molecule has 8 nitrogen and oxygen atoms in total. The first-order valence-electron chi connectivity index (χ1n) is 12.6. The topological polar surface area (TPSA) is 96.0 Å². The number of hydrogen-bond donors (Lipinski definition) is 1. The summed E-state index contributed by atoms with van der Waals surface area (Å²) >= 11 is 0. The average Bonchev–Trinajstić information content (AvgIpc) is 2.89. The molecule has 210 valence electrons. The molecule has 1 aliphatic heterocycles. The fourth-order valence-electron chi connectivity index (χ4n) is 4.10. The number of Topliss-reactive ketones (excluding diaryl/α,β-unsaturated/α-hetero) is 1. The van der Waals surface area contributed by atoms with Gasteiger partial charge >= 0.3 is 18.2 Å². The summed E-state index contributed by atoms with van der Waals surface area (Å²) < 4.78 is 42.5. The van der Waals surface area contributed by atoms with Crippen LogP contribution in [0.1, 0.15) is 49.5 Å². The molecule has 0 bridgehead atoms. The lowest BCUT2D eigenvalue weighted by atomic mass is 9.95. The smallest absolute Gasteiger partial charge is 0.444 e. The molecule has 0 spiro atoms. The molecule has 1 heterocycles. The summed E-state index contributed by atoms with van der Waals surface area (Å²) in [5, 5.41) is 1.56. The molecule has 0 atom stereocenters. The molecule has 0 aromatic heterocycles. The highest BCUT2D eigenvalue weighted by molar-refractivity contribution is 6.00. The summed E-state index contributed by atoms with van der Waals surface area (Å²) in [7, 11) is 0. The highest BCUT2D eigenvalue weighted by atomic mass is 19.4. The molecule has 0 aliphatic carbocycles. The maximum Gasteiger partial charge on any atom is 0.471 e. The van der Waals surface area contributed by atoms with Crippen molar-refractivity contribution in [3.8, 4) is 0 Å². The van der Waals surface area contributed by atoms with Gasteiger partial charge < -0.3 is 19.9 Å². The van der Waals surface area contributed by atoms with Gasteiger partial charge in [0.25, 0.3) is 0 Å². The Bertz CT molecular complexity index is 1170. The van der Waals surface area contributed by atoms with Crippen LogP contribution in [0, 0.1) is 5.92 Å². The maximum absolute atomic E-state index is 13.6. The summed E-state index contributed by atoms with van der Waals surface area (Å²) in [6.07, 6.45) is -4.50. The van der Waals surface area contributed by atoms with Gasteiger partial charge in [-0.3, -0.25) is 14.4 Å². The van der Waals surface area contributed by atoms with E-state index in [1.165, 1.54) is 12.1 Å². The van der Waals surface area contributed by atoms with Crippen LogP contribution >= 0.6 is 0 Å². The molecule has 2 aromatic rings. The van der Waals surface area contributed by atoms with Crippen LogP contribution in [0.4, 0.5) is 23.7 Å². The fourth-order valence-corrected chi connectivity index (χ4v) is 4.10. The second-order valence-corrected chi connectivity index (χ2v) is 10.3. The van der Waals surface area contributed by atoms with Crippen LogP contribution in [-0.4, -0.2) is 60.0 Å². The van der Waals surface area contributed by atoms with E-state index in [2.05, 4.69) is 0 Å². The summed E-state index contributed by atoms with van der Waals surface area (Å²) in [6, 6.07) is 15.2. The Labute approximate surface area is 225 Å². The van der Waals surface area contributed by atoms with E-state index in [1.807, 2.05) is 30.3 Å². The number of alkyl halides is 3.